The molecule has 2 aromatic rings. The minimum Gasteiger partial charge on any atom is -0.454 e. The molecule has 0 atom stereocenters. The Morgan fingerprint density at radius 1 is 0.760 bits per heavy atom. The summed E-state index contributed by atoms with van der Waals surface area (Å²) < 4.78 is 11.8. The van der Waals surface area contributed by atoms with Gasteiger partial charge >= 0.3 is 0 Å². The molecule has 0 spiro atoms. The molecule has 1 heterocycles. The van der Waals surface area contributed by atoms with Crippen molar-refractivity contribution in [3.8, 4) is 22.6 Å². The lowest BCUT2D eigenvalue weighted by Crippen LogP contribution is -2.48. The van der Waals surface area contributed by atoms with Gasteiger partial charge in [-0.1, -0.05) is 30.3 Å². The number of hydrogen-bond acceptors (Lipinski definition) is 2. The van der Waals surface area contributed by atoms with Crippen LogP contribution in [0.25, 0.3) is 11.1 Å². The van der Waals surface area contributed by atoms with Crippen molar-refractivity contribution in [3.05, 3.63) is 48.0 Å². The average molecular weight is 332 g/mol. The van der Waals surface area contributed by atoms with Gasteiger partial charge in [-0.25, -0.2) is 0 Å². The molecule has 0 radical (unpaired) electrons. The van der Waals surface area contributed by atoms with E-state index >= 15 is 0 Å². The van der Waals surface area contributed by atoms with Crippen LogP contribution in [0.3, 0.4) is 0 Å². The maximum absolute atomic E-state index is 5.99. The Labute approximate surface area is 149 Å². The Kier molecular flexibility index (Phi) is 2.86. The summed E-state index contributed by atoms with van der Waals surface area (Å²) in [5.74, 6) is 4.80. The highest BCUT2D eigenvalue weighted by atomic mass is 16.7. The zero-order chi connectivity index (χ0) is 16.4. The molecule has 2 nitrogen and oxygen atoms in total. The first-order chi connectivity index (χ1) is 12.3. The van der Waals surface area contributed by atoms with Crippen molar-refractivity contribution in [1.29, 1.82) is 0 Å². The van der Waals surface area contributed by atoms with E-state index in [2.05, 4.69) is 42.5 Å². The molecule has 0 N–H and O–H groups in total. The van der Waals surface area contributed by atoms with Crippen molar-refractivity contribution in [2.75, 3.05) is 6.79 Å². The minimum absolute atomic E-state index is 0.331. The van der Waals surface area contributed by atoms with Crippen LogP contribution in [0.4, 0.5) is 0 Å². The summed E-state index contributed by atoms with van der Waals surface area (Å²) >= 11 is 0. The highest BCUT2D eigenvalue weighted by Crippen LogP contribution is 2.63. The number of benzene rings is 2. The second-order valence-electron chi connectivity index (χ2n) is 8.82. The molecular formula is C23H24O2. The van der Waals surface area contributed by atoms with Gasteiger partial charge < -0.3 is 9.47 Å². The van der Waals surface area contributed by atoms with E-state index in [9.17, 15) is 0 Å². The van der Waals surface area contributed by atoms with Gasteiger partial charge in [0.2, 0.25) is 6.79 Å². The summed E-state index contributed by atoms with van der Waals surface area (Å²) in [6.45, 7) is 0.368. The van der Waals surface area contributed by atoms with E-state index in [4.69, 9.17) is 9.47 Å². The van der Waals surface area contributed by atoms with Crippen LogP contribution in [0.2, 0.25) is 0 Å². The molecule has 4 fully saturated rings. The highest BCUT2D eigenvalue weighted by Gasteiger charge is 2.53. The van der Waals surface area contributed by atoms with Gasteiger partial charge in [0.25, 0.3) is 0 Å². The van der Waals surface area contributed by atoms with Gasteiger partial charge in [0, 0.05) is 5.56 Å². The van der Waals surface area contributed by atoms with Gasteiger partial charge in [-0.05, 0) is 85.0 Å². The van der Waals surface area contributed by atoms with E-state index in [1.165, 1.54) is 55.2 Å². The van der Waals surface area contributed by atoms with Gasteiger partial charge in [0.1, 0.15) is 0 Å². The van der Waals surface area contributed by atoms with Gasteiger partial charge in [-0.2, -0.15) is 0 Å². The second kappa shape index (κ2) is 5.03. The zero-order valence-electron chi connectivity index (χ0n) is 14.5. The van der Waals surface area contributed by atoms with Gasteiger partial charge in [0.05, 0.1) is 0 Å². The van der Waals surface area contributed by atoms with Crippen molar-refractivity contribution in [2.24, 2.45) is 17.8 Å². The van der Waals surface area contributed by atoms with Gasteiger partial charge in [-0.15, -0.1) is 0 Å². The number of fused-ring (bicyclic) bond motifs is 1. The molecular weight excluding hydrogens is 308 g/mol. The fraction of sp³-hybridized carbons (Fsp3) is 0.478. The van der Waals surface area contributed by atoms with E-state index in [0.29, 0.717) is 12.2 Å². The number of hydrogen-bond donors (Lipinski definition) is 0. The Morgan fingerprint density at radius 2 is 1.44 bits per heavy atom. The monoisotopic (exact) mass is 332 g/mol. The molecule has 2 heteroatoms. The smallest absolute Gasteiger partial charge is 0.231 e. The van der Waals surface area contributed by atoms with Crippen molar-refractivity contribution in [2.45, 2.75) is 43.9 Å². The van der Waals surface area contributed by atoms with Crippen LogP contribution in [0, 0.1) is 17.8 Å². The molecule has 0 aromatic heterocycles. The fourth-order valence-corrected chi connectivity index (χ4v) is 6.64. The Morgan fingerprint density at radius 3 is 2.12 bits per heavy atom. The lowest BCUT2D eigenvalue weighted by atomic mass is 9.48. The topological polar surface area (TPSA) is 18.5 Å². The first kappa shape index (κ1) is 14.2. The normalized spacial score (nSPS) is 34.5. The third-order valence-electron chi connectivity index (χ3n) is 7.19. The lowest BCUT2D eigenvalue weighted by molar-refractivity contribution is -0.00626. The Bertz CT molecular complexity index is 788. The van der Waals surface area contributed by atoms with Crippen molar-refractivity contribution >= 4 is 0 Å². The van der Waals surface area contributed by atoms with Crippen molar-refractivity contribution < 1.29 is 9.47 Å². The van der Waals surface area contributed by atoms with E-state index in [1.807, 2.05) is 0 Å². The SMILES string of the molecule is c1ccc(-c2cc3c(c(C45CC6CC(CC(C6)C4)C5)c2)OCO3)cc1. The van der Waals surface area contributed by atoms with E-state index in [1.54, 1.807) is 0 Å². The molecule has 2 aromatic carbocycles. The van der Waals surface area contributed by atoms with Crippen molar-refractivity contribution in [3.63, 3.8) is 0 Å². The summed E-state index contributed by atoms with van der Waals surface area (Å²) in [7, 11) is 0. The maximum atomic E-state index is 5.99. The molecule has 128 valence electrons. The van der Waals surface area contributed by atoms with Crippen LogP contribution in [-0.2, 0) is 5.41 Å². The average Bonchev–Trinajstić information content (AvgIpc) is 3.09. The van der Waals surface area contributed by atoms with Crippen LogP contribution < -0.4 is 9.47 Å². The molecule has 0 amide bonds. The quantitative estimate of drug-likeness (QED) is 0.718. The summed E-state index contributed by atoms with van der Waals surface area (Å²) in [6, 6.07) is 15.3. The molecule has 25 heavy (non-hydrogen) atoms. The van der Waals surface area contributed by atoms with E-state index in [0.717, 1.165) is 29.3 Å². The molecule has 5 aliphatic rings. The minimum atomic E-state index is 0.331. The van der Waals surface area contributed by atoms with Gasteiger partial charge in [-0.3, -0.25) is 0 Å². The summed E-state index contributed by atoms with van der Waals surface area (Å²) in [6.07, 6.45) is 8.47. The largest absolute Gasteiger partial charge is 0.454 e. The molecule has 7 rings (SSSR count). The van der Waals surface area contributed by atoms with Crippen LogP contribution in [-0.4, -0.2) is 6.79 Å². The van der Waals surface area contributed by atoms with E-state index in [-0.39, 0.29) is 0 Å². The Balaban J connectivity index is 1.52. The van der Waals surface area contributed by atoms with Crippen LogP contribution in [0.1, 0.15) is 44.1 Å². The lowest BCUT2D eigenvalue weighted by Gasteiger charge is -2.57. The standard InChI is InChI=1S/C23H24O2/c1-2-4-18(5-3-1)19-9-20(22-21(10-19)24-14-25-22)23-11-15-6-16(12-23)8-17(7-15)13-23/h1-5,9-10,15-17H,6-8,11-14H2. The van der Waals surface area contributed by atoms with Crippen LogP contribution >= 0.6 is 0 Å². The predicted molar refractivity (Wildman–Crippen MR) is 97.9 cm³/mol. The third kappa shape index (κ3) is 2.09. The zero-order valence-corrected chi connectivity index (χ0v) is 14.5. The van der Waals surface area contributed by atoms with Gasteiger partial charge in [0.15, 0.2) is 11.5 Å². The van der Waals surface area contributed by atoms with E-state index < -0.39 is 0 Å². The summed E-state index contributed by atoms with van der Waals surface area (Å²) in [5.41, 5.74) is 4.32. The third-order valence-corrected chi connectivity index (χ3v) is 7.19. The highest BCUT2D eigenvalue weighted by molar-refractivity contribution is 5.70. The maximum Gasteiger partial charge on any atom is 0.231 e. The molecule has 4 saturated carbocycles. The number of rotatable bonds is 2. The molecule has 1 aliphatic heterocycles. The Hall–Kier alpha value is -1.96. The first-order valence-corrected chi connectivity index (χ1v) is 9.79. The molecule has 0 saturated heterocycles. The predicted octanol–water partition coefficient (Wildman–Crippen LogP) is 5.55. The molecule has 4 aliphatic carbocycles. The second-order valence-corrected chi connectivity index (χ2v) is 8.82. The number of ether oxygens (including phenoxy) is 2. The molecule has 0 unspecified atom stereocenters. The summed E-state index contributed by atoms with van der Waals surface area (Å²) in [5, 5.41) is 0. The first-order valence-electron chi connectivity index (χ1n) is 9.79. The molecule has 4 bridgehead atoms. The van der Waals surface area contributed by atoms with Crippen LogP contribution in [0.15, 0.2) is 42.5 Å². The van der Waals surface area contributed by atoms with Crippen molar-refractivity contribution in [1.82, 2.24) is 0 Å². The fourth-order valence-electron chi connectivity index (χ4n) is 6.64. The van der Waals surface area contributed by atoms with Crippen LogP contribution in [0.5, 0.6) is 11.5 Å². The summed E-state index contributed by atoms with van der Waals surface area (Å²) in [4.78, 5) is 0.